The van der Waals surface area contributed by atoms with Crippen LogP contribution in [-0.2, 0) is 0 Å². The normalized spacial score (nSPS) is 13.2. The highest BCUT2D eigenvalue weighted by atomic mass is 16.5. The summed E-state index contributed by atoms with van der Waals surface area (Å²) in [6.45, 7) is 12.0. The van der Waals surface area contributed by atoms with Crippen molar-refractivity contribution in [1.29, 1.82) is 0 Å². The Morgan fingerprint density at radius 2 is 1.14 bits per heavy atom. The Hall–Kier alpha value is -2.28. The lowest BCUT2D eigenvalue weighted by molar-refractivity contribution is 0.467. The molecule has 0 radical (unpaired) electrons. The summed E-state index contributed by atoms with van der Waals surface area (Å²) < 4.78 is 6.19. The molecule has 0 bridgehead atoms. The number of hydrogen-bond donors (Lipinski definition) is 0. The molecule has 0 aliphatic carbocycles. The molecular weight excluding hydrogens is 256 g/mol. The number of para-hydroxylation sites is 2. The average Bonchev–Trinajstić information content (AvgIpc) is 2.54. The van der Waals surface area contributed by atoms with Crippen molar-refractivity contribution in [3.63, 3.8) is 0 Å². The molecule has 0 aromatic heterocycles. The maximum Gasteiger partial charge on any atom is 0.131 e. The number of benzene rings is 2. The van der Waals surface area contributed by atoms with E-state index in [1.807, 2.05) is 48.6 Å². The Kier molecular flexibility index (Phi) is 4.99. The molecule has 21 heavy (non-hydrogen) atoms. The Bertz CT molecular complexity index is 572. The summed E-state index contributed by atoms with van der Waals surface area (Å²) in [6, 6.07) is 16.2. The second-order valence-corrected chi connectivity index (χ2v) is 5.23. The molecule has 0 aliphatic rings. The molecule has 1 nitrogen and oxygen atoms in total. The van der Waals surface area contributed by atoms with E-state index >= 15 is 0 Å². The van der Waals surface area contributed by atoms with Crippen molar-refractivity contribution in [2.45, 2.75) is 25.7 Å². The second kappa shape index (κ2) is 6.94. The summed E-state index contributed by atoms with van der Waals surface area (Å²) >= 11 is 0. The zero-order chi connectivity index (χ0) is 15.2. The van der Waals surface area contributed by atoms with Crippen molar-refractivity contribution in [1.82, 2.24) is 0 Å². The lowest BCUT2D eigenvalue weighted by Gasteiger charge is -2.17. The highest BCUT2D eigenvalue weighted by Crippen LogP contribution is 2.35. The molecular formula is C20H22O. The summed E-state index contributed by atoms with van der Waals surface area (Å²) in [5.41, 5.74) is 2.29. The molecule has 1 heteroatoms. The van der Waals surface area contributed by atoms with E-state index in [0.717, 1.165) is 22.6 Å². The van der Waals surface area contributed by atoms with Crippen LogP contribution < -0.4 is 4.74 Å². The van der Waals surface area contributed by atoms with E-state index < -0.39 is 0 Å². The highest BCUT2D eigenvalue weighted by Gasteiger charge is 2.13. The summed E-state index contributed by atoms with van der Waals surface area (Å²) in [6.07, 6.45) is 3.86. The molecule has 0 fully saturated rings. The Labute approximate surface area is 127 Å². The first-order valence-electron chi connectivity index (χ1n) is 7.28. The molecule has 0 amide bonds. The van der Waals surface area contributed by atoms with E-state index in [-0.39, 0.29) is 11.8 Å². The van der Waals surface area contributed by atoms with Crippen LogP contribution >= 0.6 is 0 Å². The Morgan fingerprint density at radius 1 is 0.762 bits per heavy atom. The lowest BCUT2D eigenvalue weighted by Crippen LogP contribution is -1.98. The molecule has 0 spiro atoms. The van der Waals surface area contributed by atoms with Gasteiger partial charge in [-0.15, -0.1) is 13.2 Å². The molecule has 0 saturated carbocycles. The first-order valence-corrected chi connectivity index (χ1v) is 7.28. The van der Waals surface area contributed by atoms with E-state index in [1.54, 1.807) is 0 Å². The predicted octanol–water partition coefficient (Wildman–Crippen LogP) is 6.06. The Morgan fingerprint density at radius 3 is 1.52 bits per heavy atom. The van der Waals surface area contributed by atoms with Gasteiger partial charge in [0.05, 0.1) is 0 Å². The molecule has 2 rings (SSSR count). The van der Waals surface area contributed by atoms with Gasteiger partial charge in [-0.1, -0.05) is 62.4 Å². The van der Waals surface area contributed by atoms with Crippen LogP contribution in [0.2, 0.25) is 0 Å². The predicted molar refractivity (Wildman–Crippen MR) is 90.2 cm³/mol. The fraction of sp³-hybridized carbons (Fsp3) is 0.200. The third-order valence-corrected chi connectivity index (χ3v) is 3.75. The molecule has 0 N–H and O–H groups in total. The minimum atomic E-state index is 0.255. The van der Waals surface area contributed by atoms with Crippen LogP contribution in [0.25, 0.3) is 0 Å². The van der Waals surface area contributed by atoms with Crippen molar-refractivity contribution >= 4 is 0 Å². The van der Waals surface area contributed by atoms with Gasteiger partial charge in [-0.3, -0.25) is 0 Å². The van der Waals surface area contributed by atoms with Gasteiger partial charge in [-0.2, -0.15) is 0 Å². The highest BCUT2D eigenvalue weighted by molar-refractivity contribution is 5.45. The van der Waals surface area contributed by atoms with Crippen LogP contribution in [-0.4, -0.2) is 0 Å². The van der Waals surface area contributed by atoms with Crippen molar-refractivity contribution in [3.05, 3.63) is 85.0 Å². The topological polar surface area (TPSA) is 9.23 Å². The lowest BCUT2D eigenvalue weighted by atomic mass is 9.99. The number of ether oxygens (including phenoxy) is 1. The number of hydrogen-bond acceptors (Lipinski definition) is 1. The second-order valence-electron chi connectivity index (χ2n) is 5.23. The fourth-order valence-corrected chi connectivity index (χ4v) is 2.27. The summed E-state index contributed by atoms with van der Waals surface area (Å²) in [4.78, 5) is 0. The number of rotatable bonds is 6. The minimum Gasteiger partial charge on any atom is -0.457 e. The monoisotopic (exact) mass is 278 g/mol. The van der Waals surface area contributed by atoms with E-state index in [4.69, 9.17) is 4.74 Å². The third-order valence-electron chi connectivity index (χ3n) is 3.75. The van der Waals surface area contributed by atoms with Gasteiger partial charge in [0.25, 0.3) is 0 Å². The van der Waals surface area contributed by atoms with Crippen molar-refractivity contribution < 1.29 is 4.74 Å². The van der Waals surface area contributed by atoms with Crippen LogP contribution in [0.3, 0.4) is 0 Å². The largest absolute Gasteiger partial charge is 0.457 e. The van der Waals surface area contributed by atoms with Gasteiger partial charge in [-0.05, 0) is 12.1 Å². The van der Waals surface area contributed by atoms with Crippen LogP contribution in [0.1, 0.15) is 36.8 Å². The molecule has 108 valence electrons. The van der Waals surface area contributed by atoms with E-state index in [9.17, 15) is 0 Å². The molecule has 0 aliphatic heterocycles. The smallest absolute Gasteiger partial charge is 0.131 e. The molecule has 0 saturated heterocycles. The van der Waals surface area contributed by atoms with Gasteiger partial charge in [0.1, 0.15) is 11.5 Å². The van der Waals surface area contributed by atoms with Crippen molar-refractivity contribution in [2.24, 2.45) is 0 Å². The zero-order valence-corrected chi connectivity index (χ0v) is 12.8. The molecule has 2 atom stereocenters. The standard InChI is InChI=1S/C20H22O/c1-5-15(3)17-11-7-9-13-19(17)21-20-14-10-8-12-18(20)16(4)6-2/h5-16H,1-2H2,3-4H3. The maximum absolute atomic E-state index is 6.19. The first-order chi connectivity index (χ1) is 10.2. The van der Waals surface area contributed by atoms with Crippen LogP contribution in [0, 0.1) is 0 Å². The summed E-state index contributed by atoms with van der Waals surface area (Å²) in [5.74, 6) is 2.28. The fourth-order valence-electron chi connectivity index (χ4n) is 2.27. The van der Waals surface area contributed by atoms with Crippen molar-refractivity contribution in [2.75, 3.05) is 0 Å². The Balaban J connectivity index is 2.39. The van der Waals surface area contributed by atoms with Gasteiger partial charge in [0.2, 0.25) is 0 Å². The van der Waals surface area contributed by atoms with Crippen LogP contribution in [0.5, 0.6) is 11.5 Å². The molecule has 2 aromatic rings. The van der Waals surface area contributed by atoms with Crippen LogP contribution in [0.15, 0.2) is 73.8 Å². The average molecular weight is 278 g/mol. The SMILES string of the molecule is C=CC(C)c1ccccc1Oc1ccccc1C(C)C=C. The molecule has 2 unspecified atom stereocenters. The van der Waals surface area contributed by atoms with Gasteiger partial charge < -0.3 is 4.74 Å². The van der Waals surface area contributed by atoms with E-state index in [1.165, 1.54) is 0 Å². The minimum absolute atomic E-state index is 0.255. The maximum atomic E-state index is 6.19. The van der Waals surface area contributed by atoms with Gasteiger partial charge in [0, 0.05) is 23.0 Å². The number of allylic oxidation sites excluding steroid dienone is 2. The van der Waals surface area contributed by atoms with Crippen molar-refractivity contribution in [3.8, 4) is 11.5 Å². The molecule has 0 heterocycles. The van der Waals surface area contributed by atoms with Gasteiger partial charge in [-0.25, -0.2) is 0 Å². The summed E-state index contributed by atoms with van der Waals surface area (Å²) in [5, 5.41) is 0. The third kappa shape index (κ3) is 3.43. The zero-order valence-electron chi connectivity index (χ0n) is 12.8. The van der Waals surface area contributed by atoms with Crippen LogP contribution in [0.4, 0.5) is 0 Å². The van der Waals surface area contributed by atoms with E-state index in [2.05, 4.69) is 39.1 Å². The van der Waals surface area contributed by atoms with Gasteiger partial charge in [0.15, 0.2) is 0 Å². The first kappa shape index (κ1) is 15.1. The quantitative estimate of drug-likeness (QED) is 0.584. The van der Waals surface area contributed by atoms with E-state index in [0.29, 0.717) is 0 Å². The molecule has 2 aromatic carbocycles. The summed E-state index contributed by atoms with van der Waals surface area (Å²) in [7, 11) is 0. The van der Waals surface area contributed by atoms with Gasteiger partial charge >= 0.3 is 0 Å².